The average Bonchev–Trinajstić information content (AvgIpc) is 2.79. The zero-order valence-corrected chi connectivity index (χ0v) is 11.4. The molecule has 4 nitrogen and oxygen atoms in total. The second kappa shape index (κ2) is 5.56. The van der Waals surface area contributed by atoms with E-state index >= 15 is 0 Å². The van der Waals surface area contributed by atoms with Gasteiger partial charge in [-0.3, -0.25) is 10.1 Å². The van der Waals surface area contributed by atoms with E-state index in [2.05, 4.69) is 5.32 Å². The second-order valence-electron chi connectivity index (χ2n) is 3.47. The lowest BCUT2D eigenvalue weighted by atomic mass is 10.3. The van der Waals surface area contributed by atoms with Gasteiger partial charge in [0, 0.05) is 22.5 Å². The van der Waals surface area contributed by atoms with Crippen LogP contribution in [-0.4, -0.2) is 4.92 Å². The molecule has 1 N–H and O–H groups in total. The molecule has 18 heavy (non-hydrogen) atoms. The lowest BCUT2D eigenvalue weighted by Crippen LogP contribution is -1.97. The number of thiophene rings is 1. The fourth-order valence-corrected chi connectivity index (χ4v) is 2.49. The summed E-state index contributed by atoms with van der Waals surface area (Å²) in [5.74, 6) is 0. The molecule has 0 aliphatic carbocycles. The maximum absolute atomic E-state index is 10.5. The Balaban J connectivity index is 2.06. The van der Waals surface area contributed by atoms with Gasteiger partial charge >= 0.3 is 5.00 Å². The van der Waals surface area contributed by atoms with Crippen LogP contribution < -0.4 is 5.32 Å². The minimum atomic E-state index is -0.402. The average molecular weight is 303 g/mol. The third-order valence-corrected chi connectivity index (χ3v) is 3.81. The molecule has 0 bridgehead atoms. The number of halogens is 2. The third-order valence-electron chi connectivity index (χ3n) is 2.21. The number of nitrogens with zero attached hydrogens (tertiary/aromatic N) is 1. The highest BCUT2D eigenvalue weighted by atomic mass is 35.5. The van der Waals surface area contributed by atoms with Crippen molar-refractivity contribution in [2.45, 2.75) is 6.54 Å². The van der Waals surface area contributed by atoms with Crippen molar-refractivity contribution < 1.29 is 4.92 Å². The number of hydrogen-bond acceptors (Lipinski definition) is 4. The van der Waals surface area contributed by atoms with E-state index in [1.165, 1.54) is 6.07 Å². The third kappa shape index (κ3) is 3.13. The van der Waals surface area contributed by atoms with Crippen LogP contribution in [0.1, 0.15) is 4.88 Å². The van der Waals surface area contributed by atoms with Crippen LogP contribution in [0, 0.1) is 10.1 Å². The minimum Gasteiger partial charge on any atom is -0.379 e. The zero-order valence-electron chi connectivity index (χ0n) is 9.02. The molecule has 2 rings (SSSR count). The first-order valence-electron chi connectivity index (χ1n) is 4.98. The Morgan fingerprint density at radius 1 is 1.28 bits per heavy atom. The van der Waals surface area contributed by atoms with E-state index < -0.39 is 4.92 Å². The molecule has 1 aromatic carbocycles. The zero-order chi connectivity index (χ0) is 13.1. The lowest BCUT2D eigenvalue weighted by molar-refractivity contribution is -0.380. The molecule has 0 radical (unpaired) electrons. The Labute approximate surface area is 117 Å². The maximum Gasteiger partial charge on any atom is 0.324 e. The van der Waals surface area contributed by atoms with Crippen LogP contribution in [0.3, 0.4) is 0 Å². The fourth-order valence-electron chi connectivity index (χ4n) is 1.38. The van der Waals surface area contributed by atoms with E-state index in [1.54, 1.807) is 24.3 Å². The second-order valence-corrected chi connectivity index (χ2v) is 5.47. The van der Waals surface area contributed by atoms with Crippen molar-refractivity contribution in [2.24, 2.45) is 0 Å². The molecule has 0 amide bonds. The summed E-state index contributed by atoms with van der Waals surface area (Å²) in [6, 6.07) is 8.32. The van der Waals surface area contributed by atoms with Crippen molar-refractivity contribution in [1.82, 2.24) is 0 Å². The first-order valence-corrected chi connectivity index (χ1v) is 6.55. The Hall–Kier alpha value is -1.30. The van der Waals surface area contributed by atoms with Crippen LogP contribution in [0.4, 0.5) is 10.7 Å². The number of benzene rings is 1. The summed E-state index contributed by atoms with van der Waals surface area (Å²) < 4.78 is 0. The normalized spacial score (nSPS) is 10.3. The monoisotopic (exact) mass is 302 g/mol. The molecule has 0 spiro atoms. The van der Waals surface area contributed by atoms with Crippen molar-refractivity contribution >= 4 is 45.2 Å². The highest BCUT2D eigenvalue weighted by Crippen LogP contribution is 2.28. The van der Waals surface area contributed by atoms with Gasteiger partial charge in [-0.05, 0) is 24.3 Å². The summed E-state index contributed by atoms with van der Waals surface area (Å²) in [6.45, 7) is 0.471. The van der Waals surface area contributed by atoms with Gasteiger partial charge in [-0.2, -0.15) is 0 Å². The minimum absolute atomic E-state index is 0.129. The summed E-state index contributed by atoms with van der Waals surface area (Å²) in [6.07, 6.45) is 0. The molecular weight excluding hydrogens is 295 g/mol. The van der Waals surface area contributed by atoms with Crippen molar-refractivity contribution in [3.63, 3.8) is 0 Å². The molecule has 0 fully saturated rings. The van der Waals surface area contributed by atoms with E-state index in [1.807, 2.05) is 0 Å². The molecule has 0 aliphatic heterocycles. The molecule has 7 heteroatoms. The highest BCUT2D eigenvalue weighted by Gasteiger charge is 2.09. The smallest absolute Gasteiger partial charge is 0.324 e. The van der Waals surface area contributed by atoms with E-state index in [9.17, 15) is 10.1 Å². The number of nitrogens with one attached hydrogen (secondary N) is 1. The van der Waals surface area contributed by atoms with Crippen molar-refractivity contribution in [2.75, 3.05) is 5.32 Å². The maximum atomic E-state index is 10.5. The van der Waals surface area contributed by atoms with Crippen LogP contribution in [0.2, 0.25) is 10.0 Å². The van der Waals surface area contributed by atoms with Gasteiger partial charge in [0.25, 0.3) is 0 Å². The lowest BCUT2D eigenvalue weighted by Gasteiger charge is -2.07. The molecule has 0 atom stereocenters. The van der Waals surface area contributed by atoms with E-state index in [-0.39, 0.29) is 5.00 Å². The van der Waals surface area contributed by atoms with Crippen LogP contribution in [0.15, 0.2) is 30.3 Å². The Kier molecular flexibility index (Phi) is 4.06. The summed E-state index contributed by atoms with van der Waals surface area (Å²) in [5.41, 5.74) is 0.709. The summed E-state index contributed by atoms with van der Waals surface area (Å²) in [5, 5.41) is 14.9. The fraction of sp³-hybridized carbons (Fsp3) is 0.0909. The summed E-state index contributed by atoms with van der Waals surface area (Å²) in [4.78, 5) is 11.0. The van der Waals surface area contributed by atoms with Crippen molar-refractivity contribution in [3.05, 3.63) is 55.4 Å². The van der Waals surface area contributed by atoms with Crippen LogP contribution in [-0.2, 0) is 6.54 Å². The van der Waals surface area contributed by atoms with Gasteiger partial charge < -0.3 is 5.32 Å². The van der Waals surface area contributed by atoms with Gasteiger partial charge in [-0.1, -0.05) is 34.5 Å². The number of hydrogen-bond donors (Lipinski definition) is 1. The summed E-state index contributed by atoms with van der Waals surface area (Å²) >= 11 is 13.0. The molecule has 0 saturated heterocycles. The van der Waals surface area contributed by atoms with Gasteiger partial charge in [-0.15, -0.1) is 0 Å². The quantitative estimate of drug-likeness (QED) is 0.664. The molecule has 94 valence electrons. The van der Waals surface area contributed by atoms with E-state index in [0.717, 1.165) is 16.2 Å². The number of nitro groups is 1. The van der Waals surface area contributed by atoms with Crippen molar-refractivity contribution in [1.29, 1.82) is 0 Å². The van der Waals surface area contributed by atoms with Crippen LogP contribution in [0.25, 0.3) is 0 Å². The standard InChI is InChI=1S/C11H8Cl2N2O2S/c12-7-1-3-9(13)10(5-7)14-6-8-2-4-11(18-8)15(16)17/h1-5,14H,6H2. The van der Waals surface area contributed by atoms with Gasteiger partial charge in [-0.25, -0.2) is 0 Å². The molecule has 0 saturated carbocycles. The molecule has 1 heterocycles. The first-order chi connectivity index (χ1) is 8.56. The SMILES string of the molecule is O=[N+]([O-])c1ccc(CNc2cc(Cl)ccc2Cl)s1. The predicted molar refractivity (Wildman–Crippen MR) is 74.8 cm³/mol. The Morgan fingerprint density at radius 3 is 2.72 bits per heavy atom. The predicted octanol–water partition coefficient (Wildman–Crippen LogP) is 4.58. The Bertz CT molecular complexity index is 586. The molecule has 0 aliphatic rings. The molecule has 1 aromatic heterocycles. The van der Waals surface area contributed by atoms with Gasteiger partial charge in [0.1, 0.15) is 0 Å². The summed E-state index contributed by atoms with van der Waals surface area (Å²) in [7, 11) is 0. The number of anilines is 1. The van der Waals surface area contributed by atoms with E-state index in [0.29, 0.717) is 22.3 Å². The van der Waals surface area contributed by atoms with Crippen LogP contribution in [0.5, 0.6) is 0 Å². The highest BCUT2D eigenvalue weighted by molar-refractivity contribution is 7.15. The molecule has 0 unspecified atom stereocenters. The molecular formula is C11H8Cl2N2O2S. The van der Waals surface area contributed by atoms with Crippen molar-refractivity contribution in [3.8, 4) is 0 Å². The number of rotatable bonds is 4. The van der Waals surface area contributed by atoms with Gasteiger partial charge in [0.15, 0.2) is 0 Å². The van der Waals surface area contributed by atoms with Gasteiger partial charge in [0.2, 0.25) is 0 Å². The van der Waals surface area contributed by atoms with Gasteiger partial charge in [0.05, 0.1) is 15.6 Å². The topological polar surface area (TPSA) is 55.2 Å². The van der Waals surface area contributed by atoms with Crippen LogP contribution >= 0.6 is 34.5 Å². The Morgan fingerprint density at radius 2 is 2.06 bits per heavy atom. The van der Waals surface area contributed by atoms with E-state index in [4.69, 9.17) is 23.2 Å². The first kappa shape index (κ1) is 13.1. The largest absolute Gasteiger partial charge is 0.379 e. The molecule has 2 aromatic rings.